The normalized spacial score (nSPS) is 12.1. The minimum absolute atomic E-state index is 0.0636. The van der Waals surface area contributed by atoms with Crippen molar-refractivity contribution in [3.05, 3.63) is 0 Å². The predicted molar refractivity (Wildman–Crippen MR) is 256 cm³/mol. The van der Waals surface area contributed by atoms with Gasteiger partial charge in [0.25, 0.3) is 0 Å². The molecule has 0 aromatic rings. The standard InChI is InChI=1S/C54H104O6/c1-6-7-8-9-10-11-12-13-16-19-24-29-34-39-44-52(55)58-47-51(60-54(57)46-41-36-31-26-21-23-28-33-38-43-50(4)5)48-59-53(56)45-40-35-30-25-20-17-14-15-18-22-27-32-37-42-49(2)3/h49-51H,6-48H2,1-5H3/t51-/m1/s1. The molecule has 0 fully saturated rings. The van der Waals surface area contributed by atoms with Gasteiger partial charge in [-0.2, -0.15) is 0 Å². The van der Waals surface area contributed by atoms with Gasteiger partial charge >= 0.3 is 17.9 Å². The maximum absolute atomic E-state index is 12.8. The van der Waals surface area contributed by atoms with Gasteiger partial charge in [0.1, 0.15) is 13.2 Å². The van der Waals surface area contributed by atoms with Gasteiger partial charge in [0.05, 0.1) is 0 Å². The number of carbonyl (C=O) groups is 3. The molecule has 0 saturated carbocycles. The summed E-state index contributed by atoms with van der Waals surface area (Å²) >= 11 is 0. The van der Waals surface area contributed by atoms with Gasteiger partial charge in [0, 0.05) is 19.3 Å². The Kier molecular flexibility index (Phi) is 45.7. The Labute approximate surface area is 374 Å². The van der Waals surface area contributed by atoms with Gasteiger partial charge in [-0.05, 0) is 31.1 Å². The first-order valence-corrected chi connectivity index (χ1v) is 26.7. The summed E-state index contributed by atoms with van der Waals surface area (Å²) in [6.45, 7) is 11.4. The minimum Gasteiger partial charge on any atom is -0.462 e. The van der Waals surface area contributed by atoms with Crippen molar-refractivity contribution < 1.29 is 28.6 Å². The summed E-state index contributed by atoms with van der Waals surface area (Å²) in [4.78, 5) is 38.0. The van der Waals surface area contributed by atoms with Crippen LogP contribution >= 0.6 is 0 Å². The van der Waals surface area contributed by atoms with E-state index in [1.54, 1.807) is 0 Å². The monoisotopic (exact) mass is 849 g/mol. The number of carbonyl (C=O) groups excluding carboxylic acids is 3. The van der Waals surface area contributed by atoms with Crippen molar-refractivity contribution in [2.75, 3.05) is 13.2 Å². The largest absolute Gasteiger partial charge is 0.462 e. The van der Waals surface area contributed by atoms with Crippen LogP contribution in [-0.4, -0.2) is 37.2 Å². The fraction of sp³-hybridized carbons (Fsp3) is 0.944. The van der Waals surface area contributed by atoms with Crippen LogP contribution in [0.4, 0.5) is 0 Å². The summed E-state index contributed by atoms with van der Waals surface area (Å²) in [7, 11) is 0. The fourth-order valence-electron chi connectivity index (χ4n) is 8.17. The first-order chi connectivity index (χ1) is 29.2. The SMILES string of the molecule is CCCCCCCCCCCCCCCCC(=O)OC[C@H](COC(=O)CCCCCCCCCCCCCCCC(C)C)OC(=O)CCCCCCCCCCCC(C)C. The Bertz CT molecular complexity index is 916. The summed E-state index contributed by atoms with van der Waals surface area (Å²) in [6, 6.07) is 0. The Morgan fingerprint density at radius 2 is 0.550 bits per heavy atom. The lowest BCUT2D eigenvalue weighted by Gasteiger charge is -2.18. The molecule has 0 bridgehead atoms. The molecule has 0 spiro atoms. The zero-order valence-corrected chi connectivity index (χ0v) is 41.1. The highest BCUT2D eigenvalue weighted by Crippen LogP contribution is 2.17. The van der Waals surface area contributed by atoms with E-state index in [0.717, 1.165) is 69.6 Å². The van der Waals surface area contributed by atoms with E-state index in [0.29, 0.717) is 19.3 Å². The number of hydrogen-bond donors (Lipinski definition) is 0. The molecule has 0 amide bonds. The third-order valence-electron chi connectivity index (χ3n) is 12.2. The molecule has 0 aliphatic rings. The lowest BCUT2D eigenvalue weighted by atomic mass is 10.0. The number of esters is 3. The molecule has 0 N–H and O–H groups in total. The van der Waals surface area contributed by atoms with E-state index in [-0.39, 0.29) is 31.1 Å². The maximum Gasteiger partial charge on any atom is 0.306 e. The van der Waals surface area contributed by atoms with E-state index in [1.807, 2.05) is 0 Å². The van der Waals surface area contributed by atoms with Crippen LogP contribution in [0.1, 0.15) is 298 Å². The summed E-state index contributed by atoms with van der Waals surface area (Å²) in [6.07, 6.45) is 48.0. The predicted octanol–water partition coefficient (Wildman–Crippen LogP) is 17.3. The average molecular weight is 849 g/mol. The first-order valence-electron chi connectivity index (χ1n) is 26.7. The molecule has 0 rings (SSSR count). The third kappa shape index (κ3) is 47.5. The molecule has 0 aliphatic carbocycles. The van der Waals surface area contributed by atoms with Crippen molar-refractivity contribution in [1.82, 2.24) is 0 Å². The van der Waals surface area contributed by atoms with Crippen LogP contribution in [0, 0.1) is 11.8 Å². The van der Waals surface area contributed by atoms with E-state index >= 15 is 0 Å². The van der Waals surface area contributed by atoms with Crippen molar-refractivity contribution >= 4 is 17.9 Å². The molecule has 356 valence electrons. The van der Waals surface area contributed by atoms with Gasteiger partial charge in [-0.3, -0.25) is 14.4 Å². The molecule has 0 heterocycles. The van der Waals surface area contributed by atoms with E-state index in [9.17, 15) is 14.4 Å². The molecule has 0 unspecified atom stereocenters. The number of unbranched alkanes of at least 4 members (excludes halogenated alkanes) is 33. The molecule has 6 nitrogen and oxygen atoms in total. The quantitative estimate of drug-likeness (QED) is 0.0345. The van der Waals surface area contributed by atoms with Crippen LogP contribution in [0.15, 0.2) is 0 Å². The molecule has 0 aliphatic heterocycles. The number of hydrogen-bond acceptors (Lipinski definition) is 6. The highest BCUT2D eigenvalue weighted by atomic mass is 16.6. The number of rotatable bonds is 48. The Balaban J connectivity index is 4.29. The molecule has 0 radical (unpaired) electrons. The Morgan fingerprint density at radius 3 is 0.817 bits per heavy atom. The van der Waals surface area contributed by atoms with Gasteiger partial charge < -0.3 is 14.2 Å². The van der Waals surface area contributed by atoms with Gasteiger partial charge in [-0.1, -0.05) is 259 Å². The van der Waals surface area contributed by atoms with Crippen LogP contribution in [0.3, 0.4) is 0 Å². The molecule has 0 aromatic heterocycles. The second-order valence-corrected chi connectivity index (χ2v) is 19.5. The van der Waals surface area contributed by atoms with Gasteiger partial charge in [-0.15, -0.1) is 0 Å². The van der Waals surface area contributed by atoms with Crippen LogP contribution < -0.4 is 0 Å². The maximum atomic E-state index is 12.8. The zero-order valence-electron chi connectivity index (χ0n) is 41.1. The molecular weight excluding hydrogens is 745 g/mol. The molecule has 1 atom stereocenters. The molecular formula is C54H104O6. The zero-order chi connectivity index (χ0) is 44.0. The van der Waals surface area contributed by atoms with Crippen LogP contribution in [0.5, 0.6) is 0 Å². The number of ether oxygens (including phenoxy) is 3. The summed E-state index contributed by atoms with van der Waals surface area (Å²) in [5.74, 6) is 0.799. The Hall–Kier alpha value is -1.59. The van der Waals surface area contributed by atoms with E-state index in [4.69, 9.17) is 14.2 Å². The lowest BCUT2D eigenvalue weighted by Crippen LogP contribution is -2.30. The average Bonchev–Trinajstić information content (AvgIpc) is 3.22. The van der Waals surface area contributed by atoms with E-state index in [1.165, 1.54) is 186 Å². The topological polar surface area (TPSA) is 78.9 Å². The van der Waals surface area contributed by atoms with Crippen molar-refractivity contribution in [3.63, 3.8) is 0 Å². The molecule has 6 heteroatoms. The Morgan fingerprint density at radius 1 is 0.317 bits per heavy atom. The first kappa shape index (κ1) is 58.4. The second kappa shape index (κ2) is 46.9. The van der Waals surface area contributed by atoms with E-state index in [2.05, 4.69) is 34.6 Å². The van der Waals surface area contributed by atoms with Gasteiger partial charge in [0.15, 0.2) is 6.10 Å². The van der Waals surface area contributed by atoms with Gasteiger partial charge in [0.2, 0.25) is 0 Å². The van der Waals surface area contributed by atoms with E-state index < -0.39 is 6.10 Å². The third-order valence-corrected chi connectivity index (χ3v) is 12.2. The second-order valence-electron chi connectivity index (χ2n) is 19.5. The highest BCUT2D eigenvalue weighted by Gasteiger charge is 2.19. The molecule has 60 heavy (non-hydrogen) atoms. The fourth-order valence-corrected chi connectivity index (χ4v) is 8.17. The van der Waals surface area contributed by atoms with Gasteiger partial charge in [-0.25, -0.2) is 0 Å². The minimum atomic E-state index is -0.762. The summed E-state index contributed by atoms with van der Waals surface area (Å²) in [5, 5.41) is 0. The van der Waals surface area contributed by atoms with Crippen LogP contribution in [0.2, 0.25) is 0 Å². The lowest BCUT2D eigenvalue weighted by molar-refractivity contribution is -0.167. The van der Waals surface area contributed by atoms with Crippen molar-refractivity contribution in [3.8, 4) is 0 Å². The van der Waals surface area contributed by atoms with Crippen molar-refractivity contribution in [1.29, 1.82) is 0 Å². The van der Waals surface area contributed by atoms with Crippen LogP contribution in [-0.2, 0) is 28.6 Å². The molecule has 0 aromatic carbocycles. The highest BCUT2D eigenvalue weighted by molar-refractivity contribution is 5.71. The molecule has 0 saturated heterocycles. The van der Waals surface area contributed by atoms with Crippen molar-refractivity contribution in [2.45, 2.75) is 304 Å². The smallest absolute Gasteiger partial charge is 0.306 e. The van der Waals surface area contributed by atoms with Crippen LogP contribution in [0.25, 0.3) is 0 Å². The van der Waals surface area contributed by atoms with Crippen molar-refractivity contribution in [2.24, 2.45) is 11.8 Å². The summed E-state index contributed by atoms with van der Waals surface area (Å²) in [5.41, 5.74) is 0. The summed E-state index contributed by atoms with van der Waals surface area (Å²) < 4.78 is 16.8.